The first-order chi connectivity index (χ1) is 24.3. The molecule has 1 amide bonds. The lowest BCUT2D eigenvalue weighted by Gasteiger charge is -2.34. The average molecular weight is 805 g/mol. The fraction of sp³-hybridized carbons (Fsp3) is 0.722. The Morgan fingerprint density at radius 3 is 2.40 bits per heavy atom. The Balaban J connectivity index is 1.31. The molecule has 3 saturated heterocycles. The second-order valence-corrected chi connectivity index (χ2v) is 16.6. The maximum atomic E-state index is 15.8. The maximum absolute atomic E-state index is 15.8. The Morgan fingerprint density at radius 2 is 1.71 bits per heavy atom. The van der Waals surface area contributed by atoms with Gasteiger partial charge in [-0.2, -0.15) is 23.1 Å². The minimum absolute atomic E-state index is 0.0185. The average Bonchev–Trinajstić information content (AvgIpc) is 3.58. The summed E-state index contributed by atoms with van der Waals surface area (Å²) < 4.78 is 80.0. The van der Waals surface area contributed by atoms with E-state index in [0.717, 1.165) is 38.4 Å². The first-order valence-corrected chi connectivity index (χ1v) is 18.8. The molecule has 0 aliphatic carbocycles. The summed E-state index contributed by atoms with van der Waals surface area (Å²) in [5, 5.41) is -0.0869. The van der Waals surface area contributed by atoms with Gasteiger partial charge in [0.25, 0.3) is 0 Å². The summed E-state index contributed by atoms with van der Waals surface area (Å²) in [5.74, 6) is -1.16. The van der Waals surface area contributed by atoms with Crippen molar-refractivity contribution >= 4 is 44.7 Å². The number of rotatable bonds is 11. The van der Waals surface area contributed by atoms with Crippen molar-refractivity contribution in [2.24, 2.45) is 5.92 Å². The number of likely N-dealkylation sites (tertiary alicyclic amines) is 2. The third-order valence-corrected chi connectivity index (χ3v) is 10.1. The molecule has 290 valence electrons. The highest BCUT2D eigenvalue weighted by molar-refractivity contribution is 9.10. The lowest BCUT2D eigenvalue weighted by molar-refractivity contribution is -0.156. The number of nitrogens with zero attached hydrogens (tertiary/aromatic N) is 5. The molecule has 2 unspecified atom stereocenters. The van der Waals surface area contributed by atoms with Crippen molar-refractivity contribution < 1.29 is 46.1 Å². The summed E-state index contributed by atoms with van der Waals surface area (Å²) in [7, 11) is 0. The minimum Gasteiger partial charge on any atom is -0.462 e. The molecule has 3 fully saturated rings. The molecule has 5 rings (SSSR count). The van der Waals surface area contributed by atoms with Crippen molar-refractivity contribution in [1.82, 2.24) is 19.8 Å². The summed E-state index contributed by atoms with van der Waals surface area (Å²) in [5.41, 5.74) is -2.69. The molecule has 0 spiro atoms. The van der Waals surface area contributed by atoms with Crippen LogP contribution >= 0.6 is 15.9 Å². The molecule has 2 bridgehead atoms. The largest absolute Gasteiger partial charge is 0.462 e. The third kappa shape index (κ3) is 10.4. The first kappa shape index (κ1) is 40.2. The predicted octanol–water partition coefficient (Wildman–Crippen LogP) is 7.37. The maximum Gasteiger partial charge on any atom is 0.417 e. The lowest BCUT2D eigenvalue weighted by Crippen LogP contribution is -2.46. The summed E-state index contributed by atoms with van der Waals surface area (Å²) in [4.78, 5) is 39.7. The molecular weight excluding hydrogens is 754 g/mol. The molecule has 3 aliphatic heterocycles. The zero-order chi connectivity index (χ0) is 38.0. The minimum atomic E-state index is -4.83. The Bertz CT molecular complexity index is 1600. The number of hydrogen-bond donors (Lipinski definition) is 0. The highest BCUT2D eigenvalue weighted by Gasteiger charge is 2.42. The Hall–Kier alpha value is -2.98. The second-order valence-electron chi connectivity index (χ2n) is 15.8. The predicted molar refractivity (Wildman–Crippen MR) is 190 cm³/mol. The molecule has 0 radical (unpaired) electrons. The third-order valence-electron chi connectivity index (χ3n) is 9.31. The van der Waals surface area contributed by atoms with Crippen molar-refractivity contribution in [3.05, 3.63) is 21.9 Å². The van der Waals surface area contributed by atoms with Gasteiger partial charge in [-0.1, -0.05) is 0 Å². The number of esters is 1. The van der Waals surface area contributed by atoms with E-state index in [2.05, 4.69) is 30.8 Å². The molecule has 16 heteroatoms. The number of benzene rings is 1. The summed E-state index contributed by atoms with van der Waals surface area (Å²) in [6.07, 6.45) is -1.19. The lowest BCUT2D eigenvalue weighted by atomic mass is 10.0. The number of anilines is 1. The van der Waals surface area contributed by atoms with E-state index in [-0.39, 0.29) is 72.9 Å². The fourth-order valence-electron chi connectivity index (χ4n) is 7.07. The molecule has 4 heterocycles. The van der Waals surface area contributed by atoms with Gasteiger partial charge in [-0.05, 0) is 108 Å². The van der Waals surface area contributed by atoms with Gasteiger partial charge in [0, 0.05) is 44.2 Å². The summed E-state index contributed by atoms with van der Waals surface area (Å²) in [6.45, 7) is 14.6. The van der Waals surface area contributed by atoms with Gasteiger partial charge in [0.05, 0.1) is 29.1 Å². The second kappa shape index (κ2) is 16.2. The van der Waals surface area contributed by atoms with Crippen LogP contribution in [0, 0.1) is 11.7 Å². The number of halogens is 5. The van der Waals surface area contributed by atoms with E-state index < -0.39 is 39.3 Å². The Labute approximate surface area is 310 Å². The van der Waals surface area contributed by atoms with E-state index in [0.29, 0.717) is 32.5 Å². The van der Waals surface area contributed by atoms with Gasteiger partial charge in [0.15, 0.2) is 5.82 Å². The number of ether oxygens (including phenoxy) is 4. The zero-order valence-corrected chi connectivity index (χ0v) is 32.4. The Kier molecular flexibility index (Phi) is 12.5. The van der Waals surface area contributed by atoms with Crippen LogP contribution in [0.4, 0.5) is 28.2 Å². The molecule has 0 N–H and O–H groups in total. The van der Waals surface area contributed by atoms with E-state index >= 15 is 4.39 Å². The zero-order valence-electron chi connectivity index (χ0n) is 30.8. The highest BCUT2D eigenvalue weighted by Crippen LogP contribution is 2.42. The molecule has 0 saturated carbocycles. The van der Waals surface area contributed by atoms with E-state index in [4.69, 9.17) is 18.9 Å². The van der Waals surface area contributed by atoms with Gasteiger partial charge < -0.3 is 28.7 Å². The van der Waals surface area contributed by atoms with Crippen molar-refractivity contribution in [3.8, 4) is 6.01 Å². The monoisotopic (exact) mass is 803 g/mol. The summed E-state index contributed by atoms with van der Waals surface area (Å²) in [6, 6.07) is 0.492. The van der Waals surface area contributed by atoms with Crippen LogP contribution in [0.3, 0.4) is 0 Å². The molecule has 1 aromatic heterocycles. The van der Waals surface area contributed by atoms with Crippen molar-refractivity contribution in [1.29, 1.82) is 0 Å². The molecule has 1 aromatic carbocycles. The smallest absolute Gasteiger partial charge is 0.417 e. The number of hydrogen-bond acceptors (Lipinski definition) is 10. The number of aromatic nitrogens is 2. The normalized spacial score (nSPS) is 21.5. The van der Waals surface area contributed by atoms with Crippen LogP contribution in [0.25, 0.3) is 10.9 Å². The van der Waals surface area contributed by atoms with E-state index in [9.17, 15) is 22.8 Å². The van der Waals surface area contributed by atoms with Gasteiger partial charge in [-0.25, -0.2) is 9.18 Å². The van der Waals surface area contributed by atoms with E-state index in [1.807, 2.05) is 25.7 Å². The number of alkyl halides is 3. The van der Waals surface area contributed by atoms with Gasteiger partial charge in [-0.3, -0.25) is 9.69 Å². The van der Waals surface area contributed by atoms with Crippen LogP contribution in [0.15, 0.2) is 10.5 Å². The van der Waals surface area contributed by atoms with Crippen molar-refractivity contribution in [3.63, 3.8) is 0 Å². The van der Waals surface area contributed by atoms with Gasteiger partial charge in [-0.15, -0.1) is 0 Å². The van der Waals surface area contributed by atoms with Gasteiger partial charge >= 0.3 is 24.2 Å². The number of amides is 1. The Morgan fingerprint density at radius 1 is 0.981 bits per heavy atom. The van der Waals surface area contributed by atoms with Crippen LogP contribution in [0.2, 0.25) is 0 Å². The molecule has 3 aliphatic rings. The van der Waals surface area contributed by atoms with Crippen LogP contribution in [-0.4, -0.2) is 108 Å². The molecule has 52 heavy (non-hydrogen) atoms. The van der Waals surface area contributed by atoms with Gasteiger partial charge in [0.1, 0.15) is 29.1 Å². The molecule has 11 nitrogen and oxygen atoms in total. The molecule has 2 aromatic rings. The quantitative estimate of drug-likeness (QED) is 0.130. The topological polar surface area (TPSA) is 107 Å². The van der Waals surface area contributed by atoms with Crippen LogP contribution in [0.5, 0.6) is 6.01 Å². The molecule has 3 atom stereocenters. The SMILES string of the molecule is CC(C)(C)OC(=O)CCOCCCN1CCC[C@H]1COc1nc(N2CCC3CC(C2)N(C(=O)OC(C)(C)C)C3)c2cc(C(F)(F)F)c(Br)c(F)c2n1. The molecular formula is C36H50BrF4N5O6. The van der Waals surface area contributed by atoms with Crippen molar-refractivity contribution in [2.45, 2.75) is 110 Å². The van der Waals surface area contributed by atoms with Crippen LogP contribution in [-0.2, 0) is 25.2 Å². The van der Waals surface area contributed by atoms with Crippen LogP contribution in [0.1, 0.15) is 85.6 Å². The number of fused-ring (bicyclic) bond motifs is 3. The number of carbonyl (C=O) groups excluding carboxylic acids is 2. The van der Waals surface area contributed by atoms with Crippen LogP contribution < -0.4 is 9.64 Å². The van der Waals surface area contributed by atoms with Crippen molar-refractivity contribution in [2.75, 3.05) is 57.4 Å². The number of carbonyl (C=O) groups is 2. The van der Waals surface area contributed by atoms with Gasteiger partial charge in [0.2, 0.25) is 0 Å². The van der Waals surface area contributed by atoms with E-state index in [1.165, 1.54) is 0 Å². The highest BCUT2D eigenvalue weighted by atomic mass is 79.9. The van der Waals surface area contributed by atoms with E-state index in [1.54, 1.807) is 25.7 Å². The summed E-state index contributed by atoms with van der Waals surface area (Å²) >= 11 is 2.82. The first-order valence-electron chi connectivity index (χ1n) is 18.0. The fourth-order valence-corrected chi connectivity index (χ4v) is 7.59. The standard InChI is InChI=1S/C36H50BrF4N5O6/c1-34(2,3)51-27(47)11-16-49-15-8-13-44-12-7-9-23(44)21-50-32-42-30-25(18-26(36(39,40)41)28(37)29(30)38)31(43-32)45-14-10-22-17-24(20-45)46(19-22)33(48)52-35(4,5)6/h18,22-24H,7-17,19-21H2,1-6H3/t22?,23-,24?/m0/s1.